The van der Waals surface area contributed by atoms with Crippen molar-refractivity contribution in [2.75, 3.05) is 31.1 Å². The van der Waals surface area contributed by atoms with Crippen molar-refractivity contribution in [3.05, 3.63) is 12.4 Å². The highest BCUT2D eigenvalue weighted by atomic mass is 16.3. The lowest BCUT2D eigenvalue weighted by Gasteiger charge is -2.35. The summed E-state index contributed by atoms with van der Waals surface area (Å²) in [5.74, 6) is 0. The molecule has 0 saturated carbocycles. The molecular weight excluding hydrogens is 294 g/mol. The average molecular weight is 323 g/mol. The van der Waals surface area contributed by atoms with Crippen molar-refractivity contribution < 1.29 is 9.90 Å². The largest absolute Gasteiger partial charge is 0.389 e. The molecule has 7 nitrogen and oxygen atoms in total. The molecule has 2 rings (SSSR count). The summed E-state index contributed by atoms with van der Waals surface area (Å²) in [6.07, 6.45) is 5.87. The molecule has 1 aliphatic rings. The van der Waals surface area contributed by atoms with E-state index in [4.69, 9.17) is 0 Å². The summed E-state index contributed by atoms with van der Waals surface area (Å²) in [7, 11) is 1.91. The summed E-state index contributed by atoms with van der Waals surface area (Å²) in [6.45, 7) is 8.04. The Bertz CT molecular complexity index is 523. The van der Waals surface area contributed by atoms with Crippen LogP contribution < -0.4 is 10.2 Å². The van der Waals surface area contributed by atoms with Crippen molar-refractivity contribution >= 4 is 11.7 Å². The second-order valence-electron chi connectivity index (χ2n) is 6.93. The van der Waals surface area contributed by atoms with E-state index in [1.807, 2.05) is 26.4 Å². The number of hydrogen-bond acceptors (Lipinski definition) is 4. The van der Waals surface area contributed by atoms with Crippen LogP contribution in [0.25, 0.3) is 0 Å². The van der Waals surface area contributed by atoms with Gasteiger partial charge in [-0.1, -0.05) is 0 Å². The first-order valence-electron chi connectivity index (χ1n) is 8.30. The van der Waals surface area contributed by atoms with Crippen molar-refractivity contribution in [3.8, 4) is 0 Å². The molecule has 0 bridgehead atoms. The fourth-order valence-electron chi connectivity index (χ4n) is 2.96. The number of carbonyl (C=O) groups excluding carboxylic acids is 1. The number of nitrogens with one attached hydrogen (secondary N) is 1. The van der Waals surface area contributed by atoms with Gasteiger partial charge in [0.25, 0.3) is 0 Å². The van der Waals surface area contributed by atoms with E-state index in [0.29, 0.717) is 13.1 Å². The second kappa shape index (κ2) is 7.21. The van der Waals surface area contributed by atoms with Gasteiger partial charge in [0.2, 0.25) is 0 Å². The zero-order valence-electron chi connectivity index (χ0n) is 14.6. The number of carbonyl (C=O) groups is 1. The van der Waals surface area contributed by atoms with E-state index in [0.717, 1.165) is 31.6 Å². The zero-order chi connectivity index (χ0) is 17.0. The molecule has 2 heterocycles. The number of aliphatic hydroxyl groups is 1. The monoisotopic (exact) mass is 323 g/mol. The molecule has 0 spiro atoms. The summed E-state index contributed by atoms with van der Waals surface area (Å²) in [4.78, 5) is 16.3. The number of nitrogens with zero attached hydrogens (tertiary/aromatic N) is 4. The highest BCUT2D eigenvalue weighted by Gasteiger charge is 2.26. The molecular formula is C16H29N5O2. The van der Waals surface area contributed by atoms with E-state index in [-0.39, 0.29) is 12.1 Å². The van der Waals surface area contributed by atoms with Crippen molar-refractivity contribution in [1.29, 1.82) is 0 Å². The lowest BCUT2D eigenvalue weighted by atomic mass is 10.1. The van der Waals surface area contributed by atoms with Crippen LogP contribution in [0.15, 0.2) is 12.4 Å². The summed E-state index contributed by atoms with van der Waals surface area (Å²) < 4.78 is 1.79. The first kappa shape index (κ1) is 17.6. The van der Waals surface area contributed by atoms with Crippen LogP contribution in [-0.2, 0) is 7.05 Å². The van der Waals surface area contributed by atoms with E-state index in [1.54, 1.807) is 23.4 Å². The van der Waals surface area contributed by atoms with Gasteiger partial charge < -0.3 is 20.2 Å². The number of rotatable bonds is 5. The Morgan fingerprint density at radius 3 is 2.87 bits per heavy atom. The summed E-state index contributed by atoms with van der Waals surface area (Å²) in [5.41, 5.74) is 0.206. The quantitative estimate of drug-likeness (QED) is 0.854. The van der Waals surface area contributed by atoms with Crippen LogP contribution >= 0.6 is 0 Å². The highest BCUT2D eigenvalue weighted by molar-refractivity contribution is 5.74. The van der Waals surface area contributed by atoms with Crippen molar-refractivity contribution in [2.24, 2.45) is 7.05 Å². The summed E-state index contributed by atoms with van der Waals surface area (Å²) >= 11 is 0. The summed E-state index contributed by atoms with van der Waals surface area (Å²) in [6, 6.07) is 0.0139. The normalized spacial score (nSPS) is 18.8. The Labute approximate surface area is 138 Å². The van der Waals surface area contributed by atoms with Crippen molar-refractivity contribution in [2.45, 2.75) is 45.3 Å². The Hall–Kier alpha value is -1.76. The summed E-state index contributed by atoms with van der Waals surface area (Å²) in [5, 5.41) is 17.2. The number of anilines is 1. The van der Waals surface area contributed by atoms with Gasteiger partial charge in [0.05, 0.1) is 24.0 Å². The topological polar surface area (TPSA) is 73.6 Å². The number of aryl methyl sites for hydroxylation is 1. The third kappa shape index (κ3) is 5.13. The molecule has 7 heteroatoms. The molecule has 1 aromatic rings. The SMILES string of the molecule is CCN(CC(C)(C)O)C(=O)N[C@@H]1CCCN(c2cnn(C)c2)C1. The molecule has 130 valence electrons. The fourth-order valence-corrected chi connectivity index (χ4v) is 2.96. The van der Waals surface area contributed by atoms with Crippen LogP contribution in [0.3, 0.4) is 0 Å². The van der Waals surface area contributed by atoms with Crippen LogP contribution in [0.2, 0.25) is 0 Å². The average Bonchev–Trinajstić information content (AvgIpc) is 2.90. The number of aromatic nitrogens is 2. The van der Waals surface area contributed by atoms with Crippen LogP contribution in [0.1, 0.15) is 33.6 Å². The number of amides is 2. The predicted octanol–water partition coefficient (Wildman–Crippen LogP) is 1.19. The first-order chi connectivity index (χ1) is 10.8. The van der Waals surface area contributed by atoms with Gasteiger partial charge in [-0.05, 0) is 33.6 Å². The Balaban J connectivity index is 1.92. The van der Waals surface area contributed by atoms with Crippen LogP contribution in [0, 0.1) is 0 Å². The zero-order valence-corrected chi connectivity index (χ0v) is 14.6. The minimum absolute atomic E-state index is 0.104. The maximum atomic E-state index is 12.4. The molecule has 0 unspecified atom stereocenters. The molecule has 0 radical (unpaired) electrons. The highest BCUT2D eigenvalue weighted by Crippen LogP contribution is 2.19. The Kier molecular flexibility index (Phi) is 5.51. The predicted molar refractivity (Wildman–Crippen MR) is 90.5 cm³/mol. The standard InChI is InChI=1S/C16H29N5O2/c1-5-20(12-16(2,3)23)15(22)18-13-7-6-8-21(10-13)14-9-17-19(4)11-14/h9,11,13,23H,5-8,10,12H2,1-4H3,(H,18,22)/t13-/m1/s1. The maximum Gasteiger partial charge on any atom is 0.317 e. The van der Waals surface area contributed by atoms with Gasteiger partial charge in [-0.15, -0.1) is 0 Å². The number of likely N-dealkylation sites (N-methyl/N-ethyl adjacent to an activating group) is 1. The van der Waals surface area contributed by atoms with Crippen LogP contribution in [0.5, 0.6) is 0 Å². The van der Waals surface area contributed by atoms with Crippen molar-refractivity contribution in [3.63, 3.8) is 0 Å². The maximum absolute atomic E-state index is 12.4. The fraction of sp³-hybridized carbons (Fsp3) is 0.750. The molecule has 0 aromatic carbocycles. The molecule has 1 saturated heterocycles. The lowest BCUT2D eigenvalue weighted by Crippen LogP contribution is -2.53. The number of piperidine rings is 1. The number of urea groups is 1. The third-order valence-corrected chi connectivity index (χ3v) is 4.05. The smallest absolute Gasteiger partial charge is 0.317 e. The molecule has 1 atom stereocenters. The molecule has 2 N–H and O–H groups in total. The van der Waals surface area contributed by atoms with Crippen LogP contribution in [0.4, 0.5) is 10.5 Å². The van der Waals surface area contributed by atoms with E-state index in [2.05, 4.69) is 15.3 Å². The van der Waals surface area contributed by atoms with Crippen LogP contribution in [-0.4, -0.2) is 63.6 Å². The third-order valence-electron chi connectivity index (χ3n) is 4.05. The van der Waals surface area contributed by atoms with E-state index < -0.39 is 5.60 Å². The minimum atomic E-state index is -0.887. The van der Waals surface area contributed by atoms with Crippen molar-refractivity contribution in [1.82, 2.24) is 20.0 Å². The van der Waals surface area contributed by atoms with Gasteiger partial charge in [-0.25, -0.2) is 4.79 Å². The first-order valence-corrected chi connectivity index (χ1v) is 8.30. The molecule has 1 fully saturated rings. The van der Waals surface area contributed by atoms with Gasteiger partial charge in [0.15, 0.2) is 0 Å². The molecule has 2 amide bonds. The van der Waals surface area contributed by atoms with Gasteiger partial charge in [-0.2, -0.15) is 5.10 Å². The lowest BCUT2D eigenvalue weighted by molar-refractivity contribution is 0.0475. The number of hydrogen-bond donors (Lipinski definition) is 2. The molecule has 23 heavy (non-hydrogen) atoms. The minimum Gasteiger partial charge on any atom is -0.389 e. The molecule has 1 aromatic heterocycles. The molecule has 0 aliphatic carbocycles. The second-order valence-corrected chi connectivity index (χ2v) is 6.93. The van der Waals surface area contributed by atoms with Gasteiger partial charge in [-0.3, -0.25) is 4.68 Å². The van der Waals surface area contributed by atoms with Gasteiger partial charge >= 0.3 is 6.03 Å². The molecule has 1 aliphatic heterocycles. The Morgan fingerprint density at radius 2 is 2.30 bits per heavy atom. The Morgan fingerprint density at radius 1 is 1.57 bits per heavy atom. The van der Waals surface area contributed by atoms with Gasteiger partial charge in [0.1, 0.15) is 0 Å². The van der Waals surface area contributed by atoms with E-state index >= 15 is 0 Å². The van der Waals surface area contributed by atoms with E-state index in [1.165, 1.54) is 0 Å². The van der Waals surface area contributed by atoms with E-state index in [9.17, 15) is 9.90 Å². The van der Waals surface area contributed by atoms with Gasteiger partial charge in [0, 0.05) is 38.9 Å².